The Bertz CT molecular complexity index is 1160. The first kappa shape index (κ1) is 19.3. The van der Waals surface area contributed by atoms with Crippen molar-refractivity contribution in [2.75, 3.05) is 5.32 Å². The Balaban J connectivity index is 1.78. The second-order valence-corrected chi connectivity index (χ2v) is 7.95. The summed E-state index contributed by atoms with van der Waals surface area (Å²) in [7, 11) is 0. The second kappa shape index (κ2) is 8.14. The van der Waals surface area contributed by atoms with Gasteiger partial charge in [-0.25, -0.2) is 4.98 Å². The van der Waals surface area contributed by atoms with Crippen molar-refractivity contribution < 1.29 is 0 Å². The topological polar surface area (TPSA) is 29.3 Å². The Morgan fingerprint density at radius 2 is 1.76 bits per heavy atom. The van der Waals surface area contributed by atoms with Gasteiger partial charge in [0.25, 0.3) is 0 Å². The monoisotopic (exact) mass is 401 g/mol. The summed E-state index contributed by atoms with van der Waals surface area (Å²) in [6.45, 7) is 6.45. The summed E-state index contributed by atoms with van der Waals surface area (Å²) in [6.07, 6.45) is 3.97. The molecule has 2 aromatic carbocycles. The number of aromatic nitrogens is 2. The molecule has 4 heteroatoms. The zero-order valence-corrected chi connectivity index (χ0v) is 17.6. The highest BCUT2D eigenvalue weighted by molar-refractivity contribution is 6.51. The summed E-state index contributed by atoms with van der Waals surface area (Å²) < 4.78 is 2.04. The molecule has 29 heavy (non-hydrogen) atoms. The predicted octanol–water partition coefficient (Wildman–Crippen LogP) is 7.25. The normalized spacial score (nSPS) is 12.0. The van der Waals surface area contributed by atoms with Crippen molar-refractivity contribution in [1.29, 1.82) is 0 Å². The van der Waals surface area contributed by atoms with Crippen LogP contribution in [0.25, 0.3) is 16.8 Å². The van der Waals surface area contributed by atoms with Crippen LogP contribution >= 0.6 is 11.6 Å². The van der Waals surface area contributed by atoms with Crippen molar-refractivity contribution in [2.45, 2.75) is 26.7 Å². The van der Waals surface area contributed by atoms with Gasteiger partial charge in [0.05, 0.1) is 5.03 Å². The highest BCUT2D eigenvalue weighted by Crippen LogP contribution is 2.32. The summed E-state index contributed by atoms with van der Waals surface area (Å²) in [5.41, 5.74) is 6.10. The molecule has 2 aromatic heterocycles. The molecule has 3 nitrogen and oxygen atoms in total. The molecule has 0 aliphatic carbocycles. The molecular weight excluding hydrogens is 378 g/mol. The maximum Gasteiger partial charge on any atom is 0.144 e. The molecule has 4 aromatic rings. The van der Waals surface area contributed by atoms with Crippen molar-refractivity contribution in [3.8, 4) is 0 Å². The Kier molecular flexibility index (Phi) is 5.41. The average Bonchev–Trinajstić information content (AvgIpc) is 3.06. The van der Waals surface area contributed by atoms with Gasteiger partial charge in [0.15, 0.2) is 0 Å². The molecule has 4 rings (SSSR count). The van der Waals surface area contributed by atoms with Crippen LogP contribution in [0.2, 0.25) is 0 Å². The average molecular weight is 402 g/mol. The van der Waals surface area contributed by atoms with Gasteiger partial charge in [0.2, 0.25) is 0 Å². The van der Waals surface area contributed by atoms with Crippen LogP contribution in [0, 0.1) is 6.92 Å². The van der Waals surface area contributed by atoms with E-state index in [-0.39, 0.29) is 0 Å². The number of fused-ring (bicyclic) bond motifs is 1. The molecule has 0 unspecified atom stereocenters. The van der Waals surface area contributed by atoms with E-state index in [9.17, 15) is 0 Å². The van der Waals surface area contributed by atoms with Crippen molar-refractivity contribution in [2.24, 2.45) is 0 Å². The molecule has 0 aliphatic rings. The van der Waals surface area contributed by atoms with Gasteiger partial charge in [-0.3, -0.25) is 4.40 Å². The van der Waals surface area contributed by atoms with Gasteiger partial charge in [-0.1, -0.05) is 67.9 Å². The molecule has 0 saturated heterocycles. The third-order valence-corrected chi connectivity index (χ3v) is 5.23. The Morgan fingerprint density at radius 1 is 1.03 bits per heavy atom. The fourth-order valence-corrected chi connectivity index (χ4v) is 3.54. The van der Waals surface area contributed by atoms with Gasteiger partial charge in [-0.2, -0.15) is 0 Å². The van der Waals surface area contributed by atoms with Crippen LogP contribution in [0.3, 0.4) is 0 Å². The fraction of sp³-hybridized carbons (Fsp3) is 0.160. The summed E-state index contributed by atoms with van der Waals surface area (Å²) in [5, 5.41) is 4.12. The number of aryl methyl sites for hydroxylation is 1. The van der Waals surface area contributed by atoms with Gasteiger partial charge < -0.3 is 5.32 Å². The first-order valence-corrected chi connectivity index (χ1v) is 10.2. The molecule has 0 radical (unpaired) electrons. The van der Waals surface area contributed by atoms with E-state index in [2.05, 4.69) is 62.5 Å². The van der Waals surface area contributed by atoms with Crippen LogP contribution < -0.4 is 5.32 Å². The number of benzene rings is 2. The minimum Gasteiger partial charge on any atom is -0.339 e. The number of nitrogens with one attached hydrogen (secondary N) is 1. The van der Waals surface area contributed by atoms with Gasteiger partial charge in [0, 0.05) is 11.9 Å². The van der Waals surface area contributed by atoms with E-state index < -0.39 is 0 Å². The number of anilines is 2. The molecule has 146 valence electrons. The van der Waals surface area contributed by atoms with E-state index in [1.807, 2.05) is 47.0 Å². The lowest BCUT2D eigenvalue weighted by molar-refractivity contribution is 0.867. The van der Waals surface area contributed by atoms with Crippen molar-refractivity contribution in [3.63, 3.8) is 0 Å². The number of halogens is 1. The smallest absolute Gasteiger partial charge is 0.144 e. The first-order chi connectivity index (χ1) is 14.0. The summed E-state index contributed by atoms with van der Waals surface area (Å²) in [6, 6.07) is 22.7. The zero-order chi connectivity index (χ0) is 20.4. The Morgan fingerprint density at radius 3 is 2.45 bits per heavy atom. The maximum absolute atomic E-state index is 6.74. The van der Waals surface area contributed by atoms with Crippen LogP contribution in [0.5, 0.6) is 0 Å². The van der Waals surface area contributed by atoms with E-state index in [4.69, 9.17) is 16.6 Å². The summed E-state index contributed by atoms with van der Waals surface area (Å²) in [4.78, 5) is 4.81. The molecule has 0 amide bonds. The predicted molar refractivity (Wildman–Crippen MR) is 124 cm³/mol. The number of pyridine rings is 1. The van der Waals surface area contributed by atoms with E-state index in [0.29, 0.717) is 11.0 Å². The van der Waals surface area contributed by atoms with E-state index >= 15 is 0 Å². The lowest BCUT2D eigenvalue weighted by atomic mass is 10.0. The maximum atomic E-state index is 6.74. The van der Waals surface area contributed by atoms with Crippen molar-refractivity contribution in [3.05, 3.63) is 95.3 Å². The minimum absolute atomic E-state index is 0.502. The minimum atomic E-state index is 0.502. The molecule has 0 spiro atoms. The lowest BCUT2D eigenvalue weighted by Crippen LogP contribution is -1.98. The molecule has 2 heterocycles. The standard InChI is InChI=1S/C25H24ClN3/c1-17(2)20-9-11-21(12-10-20)27-25-24(22(26)16-19-7-5-4-6-8-19)28-23-15-18(3)13-14-29(23)25/h4-17,27H,1-3H3. The third-order valence-electron chi connectivity index (χ3n) is 4.94. The molecule has 0 saturated carbocycles. The first-order valence-electron chi connectivity index (χ1n) is 9.79. The number of hydrogen-bond acceptors (Lipinski definition) is 2. The molecular formula is C25H24ClN3. The molecule has 0 aliphatic heterocycles. The van der Waals surface area contributed by atoms with Crippen LogP contribution in [0.1, 0.15) is 42.1 Å². The lowest BCUT2D eigenvalue weighted by Gasteiger charge is -2.11. The van der Waals surface area contributed by atoms with Crippen LogP contribution in [-0.2, 0) is 0 Å². The molecule has 1 N–H and O–H groups in total. The number of hydrogen-bond donors (Lipinski definition) is 1. The SMILES string of the molecule is Cc1ccn2c(Nc3ccc(C(C)C)cc3)c(C(Cl)=Cc3ccccc3)nc2c1. The highest BCUT2D eigenvalue weighted by atomic mass is 35.5. The number of rotatable bonds is 5. The largest absolute Gasteiger partial charge is 0.339 e. The van der Waals surface area contributed by atoms with Crippen LogP contribution in [0.4, 0.5) is 11.5 Å². The van der Waals surface area contributed by atoms with E-state index in [1.54, 1.807) is 0 Å². The van der Waals surface area contributed by atoms with Crippen molar-refractivity contribution in [1.82, 2.24) is 9.38 Å². The second-order valence-electron chi connectivity index (χ2n) is 7.55. The van der Waals surface area contributed by atoms with Gasteiger partial charge in [-0.15, -0.1) is 0 Å². The molecule has 0 bridgehead atoms. The molecule has 0 atom stereocenters. The quantitative estimate of drug-likeness (QED) is 0.381. The number of nitrogens with zero attached hydrogens (tertiary/aromatic N) is 2. The summed E-state index contributed by atoms with van der Waals surface area (Å²) in [5.74, 6) is 1.36. The highest BCUT2D eigenvalue weighted by Gasteiger charge is 2.16. The Labute approximate surface area is 176 Å². The van der Waals surface area contributed by atoms with Crippen LogP contribution in [-0.4, -0.2) is 9.38 Å². The number of imidazole rings is 1. The van der Waals surface area contributed by atoms with E-state index in [0.717, 1.165) is 34.0 Å². The third kappa shape index (κ3) is 4.20. The molecule has 0 fully saturated rings. The summed E-state index contributed by atoms with van der Waals surface area (Å²) >= 11 is 6.74. The zero-order valence-electron chi connectivity index (χ0n) is 16.9. The van der Waals surface area contributed by atoms with Crippen LogP contribution in [0.15, 0.2) is 72.9 Å². The fourth-order valence-electron chi connectivity index (χ4n) is 3.28. The van der Waals surface area contributed by atoms with E-state index in [1.165, 1.54) is 5.56 Å². The van der Waals surface area contributed by atoms with Gasteiger partial charge in [-0.05, 0) is 59.9 Å². The van der Waals surface area contributed by atoms with Gasteiger partial charge >= 0.3 is 0 Å². The van der Waals surface area contributed by atoms with Crippen molar-refractivity contribution >= 4 is 39.9 Å². The Hall–Kier alpha value is -3.04. The van der Waals surface area contributed by atoms with Gasteiger partial charge in [0.1, 0.15) is 17.2 Å².